The molecule has 4 nitrogen and oxygen atoms in total. The van der Waals surface area contributed by atoms with Crippen LogP contribution in [0.3, 0.4) is 0 Å². The third kappa shape index (κ3) is 4.00. The highest BCUT2D eigenvalue weighted by molar-refractivity contribution is 5.78. The third-order valence-corrected chi connectivity index (χ3v) is 3.95. The van der Waals surface area contributed by atoms with Gasteiger partial charge in [0, 0.05) is 19.0 Å². The first-order valence-corrected chi connectivity index (χ1v) is 6.74. The fraction of sp³-hybridized carbons (Fsp3) is 0.857. The summed E-state index contributed by atoms with van der Waals surface area (Å²) in [4.78, 5) is 25.0. The van der Waals surface area contributed by atoms with Gasteiger partial charge in [-0.05, 0) is 31.1 Å². The Labute approximate surface area is 109 Å². The molecule has 1 aliphatic heterocycles. The van der Waals surface area contributed by atoms with Crippen LogP contribution in [0.4, 0.5) is 0 Å². The lowest BCUT2D eigenvalue weighted by Crippen LogP contribution is -2.47. The molecule has 0 aliphatic carbocycles. The van der Waals surface area contributed by atoms with Crippen molar-refractivity contribution < 1.29 is 14.7 Å². The number of aliphatic carboxylic acids is 1. The minimum Gasteiger partial charge on any atom is -0.481 e. The average Bonchev–Trinajstić information content (AvgIpc) is 2.18. The Balaban J connectivity index is 2.61. The molecule has 1 heterocycles. The summed E-state index contributed by atoms with van der Waals surface area (Å²) in [6, 6.07) is 0.270. The maximum atomic E-state index is 12.3. The molecule has 1 rings (SSSR count). The molecule has 0 aromatic heterocycles. The smallest absolute Gasteiger partial charge is 0.303 e. The lowest BCUT2D eigenvalue weighted by Gasteiger charge is -2.39. The van der Waals surface area contributed by atoms with Crippen molar-refractivity contribution in [1.29, 1.82) is 0 Å². The molecule has 0 spiro atoms. The summed E-state index contributed by atoms with van der Waals surface area (Å²) in [6.45, 7) is 8.76. The second-order valence-electron chi connectivity index (χ2n) is 6.36. The van der Waals surface area contributed by atoms with Crippen LogP contribution in [0.2, 0.25) is 0 Å². The maximum Gasteiger partial charge on any atom is 0.303 e. The van der Waals surface area contributed by atoms with Crippen LogP contribution >= 0.6 is 0 Å². The second-order valence-corrected chi connectivity index (χ2v) is 6.36. The van der Waals surface area contributed by atoms with Crippen LogP contribution < -0.4 is 0 Å². The van der Waals surface area contributed by atoms with Crippen LogP contribution in [-0.2, 0) is 9.59 Å². The molecule has 0 unspecified atom stereocenters. The number of amides is 1. The molecule has 18 heavy (non-hydrogen) atoms. The molecule has 0 aromatic carbocycles. The van der Waals surface area contributed by atoms with Crippen LogP contribution in [0, 0.1) is 11.3 Å². The normalized spacial score (nSPS) is 25.0. The zero-order valence-corrected chi connectivity index (χ0v) is 11.9. The van der Waals surface area contributed by atoms with Gasteiger partial charge in [0.1, 0.15) is 0 Å². The van der Waals surface area contributed by atoms with E-state index in [2.05, 4.69) is 13.8 Å². The van der Waals surface area contributed by atoms with Crippen molar-refractivity contribution in [2.75, 3.05) is 6.54 Å². The fourth-order valence-electron chi connectivity index (χ4n) is 2.67. The molecule has 1 N–H and O–H groups in total. The zero-order chi connectivity index (χ0) is 13.9. The van der Waals surface area contributed by atoms with E-state index in [0.29, 0.717) is 12.3 Å². The zero-order valence-electron chi connectivity index (χ0n) is 11.9. The van der Waals surface area contributed by atoms with Gasteiger partial charge in [0.25, 0.3) is 0 Å². The van der Waals surface area contributed by atoms with Crippen molar-refractivity contribution in [3.63, 3.8) is 0 Å². The van der Waals surface area contributed by atoms with Crippen LogP contribution in [-0.4, -0.2) is 34.5 Å². The van der Waals surface area contributed by atoms with Crippen LogP contribution in [0.1, 0.15) is 53.4 Å². The standard InChI is InChI=1S/C14H25NO3/c1-10-6-5-7-15(11(10)2)12(16)8-14(3,4)9-13(17)18/h10-11H,5-9H2,1-4H3,(H,17,18)/t10-,11+/m1/s1. The number of piperidine rings is 1. The Morgan fingerprint density at radius 1 is 1.28 bits per heavy atom. The number of rotatable bonds is 4. The average molecular weight is 255 g/mol. The van der Waals surface area contributed by atoms with Gasteiger partial charge in [-0.3, -0.25) is 9.59 Å². The number of carboxylic acid groups (broad SMARTS) is 1. The molecule has 0 aromatic rings. The van der Waals surface area contributed by atoms with Gasteiger partial charge in [-0.2, -0.15) is 0 Å². The summed E-state index contributed by atoms with van der Waals surface area (Å²) in [5.41, 5.74) is -0.469. The monoisotopic (exact) mass is 255 g/mol. The lowest BCUT2D eigenvalue weighted by atomic mass is 9.84. The van der Waals surface area contributed by atoms with E-state index in [0.717, 1.165) is 13.0 Å². The summed E-state index contributed by atoms with van der Waals surface area (Å²) in [6.07, 6.45) is 2.58. The van der Waals surface area contributed by atoms with Crippen LogP contribution in [0.15, 0.2) is 0 Å². The van der Waals surface area contributed by atoms with Gasteiger partial charge in [-0.1, -0.05) is 20.8 Å². The Morgan fingerprint density at radius 3 is 2.44 bits per heavy atom. The number of nitrogens with zero attached hydrogens (tertiary/aromatic N) is 1. The molecule has 1 fully saturated rings. The van der Waals surface area contributed by atoms with E-state index in [-0.39, 0.29) is 18.4 Å². The van der Waals surface area contributed by atoms with E-state index in [4.69, 9.17) is 5.11 Å². The molecule has 0 saturated carbocycles. The van der Waals surface area contributed by atoms with E-state index < -0.39 is 11.4 Å². The first-order chi connectivity index (χ1) is 8.23. The van der Waals surface area contributed by atoms with Gasteiger partial charge in [0.15, 0.2) is 0 Å². The van der Waals surface area contributed by atoms with Gasteiger partial charge in [0.2, 0.25) is 5.91 Å². The van der Waals surface area contributed by atoms with Crippen molar-refractivity contribution in [2.24, 2.45) is 11.3 Å². The molecule has 4 heteroatoms. The molecule has 0 bridgehead atoms. The van der Waals surface area contributed by atoms with Gasteiger partial charge in [0.05, 0.1) is 6.42 Å². The summed E-state index contributed by atoms with van der Waals surface area (Å²) in [5.74, 6) is -0.210. The predicted molar refractivity (Wildman–Crippen MR) is 70.2 cm³/mol. The fourth-order valence-corrected chi connectivity index (χ4v) is 2.67. The van der Waals surface area contributed by atoms with E-state index >= 15 is 0 Å². The van der Waals surface area contributed by atoms with Crippen LogP contribution in [0.25, 0.3) is 0 Å². The number of hydrogen-bond acceptors (Lipinski definition) is 2. The molecular weight excluding hydrogens is 230 g/mol. The van der Waals surface area contributed by atoms with E-state index in [1.54, 1.807) is 0 Å². The predicted octanol–water partition coefficient (Wildman–Crippen LogP) is 2.52. The highest BCUT2D eigenvalue weighted by Crippen LogP contribution is 2.29. The number of likely N-dealkylation sites (tertiary alicyclic amines) is 1. The molecule has 2 atom stereocenters. The molecule has 1 saturated heterocycles. The molecule has 0 radical (unpaired) electrons. The number of carbonyl (C=O) groups is 2. The summed E-state index contributed by atoms with van der Waals surface area (Å²) in [7, 11) is 0. The highest BCUT2D eigenvalue weighted by atomic mass is 16.4. The minimum atomic E-state index is -0.840. The van der Waals surface area contributed by atoms with Crippen LogP contribution in [0.5, 0.6) is 0 Å². The topological polar surface area (TPSA) is 57.6 Å². The van der Waals surface area contributed by atoms with Gasteiger partial charge >= 0.3 is 5.97 Å². The Hall–Kier alpha value is -1.06. The number of carbonyl (C=O) groups excluding carboxylic acids is 1. The van der Waals surface area contributed by atoms with Crippen molar-refractivity contribution >= 4 is 11.9 Å². The molecule has 1 amide bonds. The summed E-state index contributed by atoms with van der Waals surface area (Å²) in [5, 5.41) is 8.84. The first kappa shape index (κ1) is 15.0. The van der Waals surface area contributed by atoms with Crippen molar-refractivity contribution in [3.05, 3.63) is 0 Å². The number of carboxylic acids is 1. The molecular formula is C14H25NO3. The highest BCUT2D eigenvalue weighted by Gasteiger charge is 2.32. The van der Waals surface area contributed by atoms with Crippen molar-refractivity contribution in [3.8, 4) is 0 Å². The van der Waals surface area contributed by atoms with Gasteiger partial charge in [-0.25, -0.2) is 0 Å². The third-order valence-electron chi connectivity index (χ3n) is 3.95. The minimum absolute atomic E-state index is 0.0382. The summed E-state index contributed by atoms with van der Waals surface area (Å²) >= 11 is 0. The Morgan fingerprint density at radius 2 is 1.89 bits per heavy atom. The van der Waals surface area contributed by atoms with Gasteiger partial charge in [-0.15, -0.1) is 0 Å². The molecule has 104 valence electrons. The lowest BCUT2D eigenvalue weighted by molar-refractivity contribution is -0.142. The van der Waals surface area contributed by atoms with Crippen molar-refractivity contribution in [2.45, 2.75) is 59.4 Å². The maximum absolute atomic E-state index is 12.3. The van der Waals surface area contributed by atoms with E-state index in [9.17, 15) is 9.59 Å². The van der Waals surface area contributed by atoms with E-state index in [1.807, 2.05) is 18.7 Å². The largest absolute Gasteiger partial charge is 0.481 e. The number of hydrogen-bond donors (Lipinski definition) is 1. The quantitative estimate of drug-likeness (QED) is 0.839. The van der Waals surface area contributed by atoms with Crippen molar-refractivity contribution in [1.82, 2.24) is 4.90 Å². The summed E-state index contributed by atoms with van der Waals surface area (Å²) < 4.78 is 0. The first-order valence-electron chi connectivity index (χ1n) is 6.74. The second kappa shape index (κ2) is 5.72. The Bertz CT molecular complexity index is 325. The SMILES string of the molecule is C[C@@H]1CCCN(C(=O)CC(C)(C)CC(=O)O)[C@H]1C. The Kier molecular flexibility index (Phi) is 4.77. The van der Waals surface area contributed by atoms with E-state index in [1.165, 1.54) is 6.42 Å². The van der Waals surface area contributed by atoms with Gasteiger partial charge < -0.3 is 10.0 Å². The molecule has 1 aliphatic rings.